The number of nitrogens with zero attached hydrogens (tertiary/aromatic N) is 5. The third-order valence-corrected chi connectivity index (χ3v) is 6.16. The van der Waals surface area contributed by atoms with Crippen molar-refractivity contribution < 1.29 is 9.13 Å². The second-order valence-corrected chi connectivity index (χ2v) is 8.19. The van der Waals surface area contributed by atoms with Crippen LogP contribution in [0.15, 0.2) is 48.9 Å². The Kier molecular flexibility index (Phi) is 6.26. The monoisotopic (exact) mass is 434 g/mol. The molecule has 0 unspecified atom stereocenters. The summed E-state index contributed by atoms with van der Waals surface area (Å²) in [5.41, 5.74) is 8.69. The number of ether oxygens (including phenoxy) is 1. The molecule has 2 saturated heterocycles. The van der Waals surface area contributed by atoms with E-state index in [9.17, 15) is 4.39 Å². The highest BCUT2D eigenvalue weighted by atomic mass is 19.1. The number of nitrogen functional groups attached to an aromatic ring is 1. The van der Waals surface area contributed by atoms with Gasteiger partial charge in [-0.05, 0) is 31.0 Å². The largest absolute Gasteiger partial charge is 0.496 e. The predicted octanol–water partition coefficient (Wildman–Crippen LogP) is 3.54. The Morgan fingerprint density at radius 2 is 2.00 bits per heavy atom. The van der Waals surface area contributed by atoms with E-state index in [1.165, 1.54) is 25.3 Å². The number of nitrogens with two attached hydrogens (primary N) is 1. The molecule has 2 aromatic rings. The summed E-state index contributed by atoms with van der Waals surface area (Å²) in [6.45, 7) is 7.31. The van der Waals surface area contributed by atoms with E-state index in [2.05, 4.69) is 32.4 Å². The van der Waals surface area contributed by atoms with Crippen LogP contribution in [0, 0.1) is 23.1 Å². The minimum absolute atomic E-state index is 0.128. The number of allylic oxidation sites excluding steroid dienone is 1. The molecule has 0 saturated carbocycles. The fraction of sp³-hybridized carbons (Fsp3) is 0.375. The van der Waals surface area contributed by atoms with E-state index < -0.39 is 0 Å². The number of benzene rings is 1. The minimum Gasteiger partial charge on any atom is -0.496 e. The normalized spacial score (nSPS) is 17.6. The van der Waals surface area contributed by atoms with Gasteiger partial charge in [0.2, 0.25) is 0 Å². The first-order valence-corrected chi connectivity index (χ1v) is 10.7. The Bertz CT molecular complexity index is 1060. The second-order valence-electron chi connectivity index (χ2n) is 8.19. The lowest BCUT2D eigenvalue weighted by molar-refractivity contribution is 0.202. The molecule has 2 aliphatic rings. The molecule has 8 heteroatoms. The van der Waals surface area contributed by atoms with Crippen molar-refractivity contribution in [3.8, 4) is 6.07 Å². The summed E-state index contributed by atoms with van der Waals surface area (Å²) in [6.07, 6.45) is 6.95. The number of anilines is 2. The van der Waals surface area contributed by atoms with Gasteiger partial charge in [0.25, 0.3) is 0 Å². The van der Waals surface area contributed by atoms with Crippen LogP contribution in [0.4, 0.5) is 15.9 Å². The Morgan fingerprint density at radius 3 is 2.69 bits per heavy atom. The summed E-state index contributed by atoms with van der Waals surface area (Å²) in [5.74, 6) is 1.38. The molecule has 1 aromatic carbocycles. The predicted molar refractivity (Wildman–Crippen MR) is 122 cm³/mol. The zero-order valence-electron chi connectivity index (χ0n) is 18.2. The van der Waals surface area contributed by atoms with Crippen LogP contribution in [0.25, 0.3) is 5.76 Å². The van der Waals surface area contributed by atoms with Gasteiger partial charge in [0.05, 0.1) is 18.9 Å². The summed E-state index contributed by atoms with van der Waals surface area (Å²) in [7, 11) is 1.53. The first kappa shape index (κ1) is 21.6. The molecule has 2 aliphatic heterocycles. The van der Waals surface area contributed by atoms with Gasteiger partial charge in [0, 0.05) is 73.4 Å². The van der Waals surface area contributed by atoms with Crippen molar-refractivity contribution in [3.05, 3.63) is 66.0 Å². The summed E-state index contributed by atoms with van der Waals surface area (Å²) in [4.78, 5) is 13.6. The van der Waals surface area contributed by atoms with Crippen molar-refractivity contribution in [3.63, 3.8) is 0 Å². The van der Waals surface area contributed by atoms with Gasteiger partial charge >= 0.3 is 0 Å². The Labute approximate surface area is 187 Å². The third-order valence-electron chi connectivity index (χ3n) is 6.16. The fourth-order valence-corrected chi connectivity index (χ4v) is 4.21. The van der Waals surface area contributed by atoms with Gasteiger partial charge < -0.3 is 20.3 Å². The van der Waals surface area contributed by atoms with Crippen molar-refractivity contribution in [1.29, 1.82) is 5.26 Å². The van der Waals surface area contributed by atoms with Gasteiger partial charge in [-0.25, -0.2) is 9.37 Å². The van der Waals surface area contributed by atoms with Crippen LogP contribution in [0.2, 0.25) is 0 Å². The second kappa shape index (κ2) is 9.27. The van der Waals surface area contributed by atoms with E-state index in [-0.39, 0.29) is 17.7 Å². The van der Waals surface area contributed by atoms with E-state index in [0.29, 0.717) is 17.0 Å². The molecular formula is C24H27FN6O. The zero-order valence-corrected chi connectivity index (χ0v) is 18.2. The molecule has 0 aliphatic carbocycles. The SMILES string of the molecule is C=C(/C=C(/OC)c1cc(F)ccc1N)N1CC(c2nccnc2N2CCC(C#N)CC2)C1. The maximum Gasteiger partial charge on any atom is 0.150 e. The first-order chi connectivity index (χ1) is 15.5. The van der Waals surface area contributed by atoms with Crippen molar-refractivity contribution in [2.45, 2.75) is 18.8 Å². The first-order valence-electron chi connectivity index (χ1n) is 10.7. The molecule has 0 radical (unpaired) electrons. The van der Waals surface area contributed by atoms with Crippen molar-refractivity contribution in [2.24, 2.45) is 5.92 Å². The van der Waals surface area contributed by atoms with Gasteiger partial charge in [-0.15, -0.1) is 0 Å². The van der Waals surface area contributed by atoms with E-state index in [1.807, 2.05) is 0 Å². The lowest BCUT2D eigenvalue weighted by atomic mass is 9.93. The molecule has 1 aromatic heterocycles. The third kappa shape index (κ3) is 4.37. The quantitative estimate of drug-likeness (QED) is 0.422. The average molecular weight is 435 g/mol. The molecule has 4 rings (SSSR count). The molecule has 2 fully saturated rings. The molecule has 2 N–H and O–H groups in total. The Hall–Kier alpha value is -3.60. The summed E-state index contributed by atoms with van der Waals surface area (Å²) in [6, 6.07) is 6.57. The number of hydrogen-bond acceptors (Lipinski definition) is 7. The maximum absolute atomic E-state index is 13.7. The van der Waals surface area contributed by atoms with Gasteiger partial charge in [-0.2, -0.15) is 5.26 Å². The van der Waals surface area contributed by atoms with E-state index >= 15 is 0 Å². The molecule has 0 amide bonds. The zero-order chi connectivity index (χ0) is 22.7. The number of rotatable bonds is 6. The number of likely N-dealkylation sites (tertiary alicyclic amines) is 1. The number of nitriles is 1. The standard InChI is InChI=1S/C24H27FN6O/c1-16(11-22(32-2)20-12-19(25)3-4-21(20)27)31-14-18(15-31)23-24(29-8-7-28-23)30-9-5-17(13-26)6-10-30/h3-4,7-8,11-12,17-18H,1,5-6,9-10,14-15,27H2,2H3/b22-11+. The van der Waals surface area contributed by atoms with Crippen molar-refractivity contribution in [1.82, 2.24) is 14.9 Å². The number of methoxy groups -OCH3 is 1. The molecule has 32 heavy (non-hydrogen) atoms. The average Bonchev–Trinajstić information content (AvgIpc) is 2.78. The van der Waals surface area contributed by atoms with Gasteiger partial charge in [-0.3, -0.25) is 4.98 Å². The van der Waals surface area contributed by atoms with E-state index in [4.69, 9.17) is 15.7 Å². The molecule has 0 atom stereocenters. The molecule has 0 spiro atoms. The Balaban J connectivity index is 1.44. The van der Waals surface area contributed by atoms with Gasteiger partial charge in [-0.1, -0.05) is 6.58 Å². The van der Waals surface area contributed by atoms with E-state index in [1.54, 1.807) is 18.5 Å². The highest BCUT2D eigenvalue weighted by Crippen LogP contribution is 2.35. The van der Waals surface area contributed by atoms with Crippen LogP contribution >= 0.6 is 0 Å². The number of hydrogen-bond donors (Lipinski definition) is 1. The highest BCUT2D eigenvalue weighted by Gasteiger charge is 2.34. The lowest BCUT2D eigenvalue weighted by Crippen LogP contribution is -2.45. The van der Waals surface area contributed by atoms with E-state index in [0.717, 1.165) is 56.2 Å². The fourth-order valence-electron chi connectivity index (χ4n) is 4.21. The number of aromatic nitrogens is 2. The van der Waals surface area contributed by atoms with Crippen LogP contribution in [0.5, 0.6) is 0 Å². The van der Waals surface area contributed by atoms with Crippen LogP contribution in [-0.4, -0.2) is 48.2 Å². The molecular weight excluding hydrogens is 407 g/mol. The van der Waals surface area contributed by atoms with Crippen LogP contribution < -0.4 is 10.6 Å². The number of piperidine rings is 1. The maximum atomic E-state index is 13.7. The lowest BCUT2D eigenvalue weighted by Gasteiger charge is -2.42. The molecule has 166 valence electrons. The number of halogens is 1. The Morgan fingerprint density at radius 1 is 1.28 bits per heavy atom. The van der Waals surface area contributed by atoms with Gasteiger partial charge in [0.1, 0.15) is 11.6 Å². The summed E-state index contributed by atoms with van der Waals surface area (Å²) in [5, 5.41) is 9.15. The molecule has 3 heterocycles. The topological polar surface area (TPSA) is 91.3 Å². The highest BCUT2D eigenvalue weighted by molar-refractivity contribution is 5.72. The summed E-state index contributed by atoms with van der Waals surface area (Å²) < 4.78 is 19.1. The smallest absolute Gasteiger partial charge is 0.150 e. The van der Waals surface area contributed by atoms with Gasteiger partial charge in [0.15, 0.2) is 5.82 Å². The van der Waals surface area contributed by atoms with Crippen molar-refractivity contribution >= 4 is 17.3 Å². The van der Waals surface area contributed by atoms with Crippen LogP contribution in [0.3, 0.4) is 0 Å². The molecule has 0 bridgehead atoms. The minimum atomic E-state index is -0.374. The van der Waals surface area contributed by atoms with Crippen LogP contribution in [0.1, 0.15) is 30.0 Å². The summed E-state index contributed by atoms with van der Waals surface area (Å²) >= 11 is 0. The molecule has 7 nitrogen and oxygen atoms in total. The van der Waals surface area contributed by atoms with Crippen LogP contribution in [-0.2, 0) is 4.74 Å². The van der Waals surface area contributed by atoms with Crippen molar-refractivity contribution in [2.75, 3.05) is 43.9 Å².